The number of rotatable bonds is 6. The summed E-state index contributed by atoms with van der Waals surface area (Å²) in [6.07, 6.45) is 0. The zero-order valence-electron chi connectivity index (χ0n) is 10.5. The van der Waals surface area contributed by atoms with Crippen molar-refractivity contribution in [3.8, 4) is 0 Å². The van der Waals surface area contributed by atoms with E-state index in [1.54, 1.807) is 23.8 Å². The summed E-state index contributed by atoms with van der Waals surface area (Å²) in [5.41, 5.74) is 2.07. The van der Waals surface area contributed by atoms with Gasteiger partial charge >= 0.3 is 0 Å². The van der Waals surface area contributed by atoms with Gasteiger partial charge in [-0.1, -0.05) is 0 Å². The van der Waals surface area contributed by atoms with Crippen LogP contribution in [0.5, 0.6) is 0 Å². The fourth-order valence-electron chi connectivity index (χ4n) is 1.35. The molecule has 0 saturated carbocycles. The second kappa shape index (κ2) is 7.19. The van der Waals surface area contributed by atoms with Crippen LogP contribution in [0.3, 0.4) is 0 Å². The molecule has 16 heavy (non-hydrogen) atoms. The lowest BCUT2D eigenvalue weighted by atomic mass is 10.3. The summed E-state index contributed by atoms with van der Waals surface area (Å²) in [5.74, 6) is 4.75. The van der Waals surface area contributed by atoms with E-state index in [0.29, 0.717) is 13.1 Å². The highest BCUT2D eigenvalue weighted by Crippen LogP contribution is 1.98. The zero-order chi connectivity index (χ0) is 12.7. The third-order valence-corrected chi connectivity index (χ3v) is 2.68. The fraction of sp³-hybridized carbons (Fsp3) is 0.800. The Bertz CT molecular complexity index is 241. The first kappa shape index (κ1) is 14.9. The van der Waals surface area contributed by atoms with Crippen molar-refractivity contribution in [3.63, 3.8) is 0 Å². The number of likely N-dealkylation sites (N-methyl/N-ethyl adjacent to an activating group) is 2. The Morgan fingerprint density at radius 2 is 1.81 bits per heavy atom. The molecule has 0 bridgehead atoms. The van der Waals surface area contributed by atoms with Gasteiger partial charge in [0.2, 0.25) is 5.91 Å². The maximum atomic E-state index is 11.8. The molecule has 0 radical (unpaired) electrons. The second-order valence-corrected chi connectivity index (χ2v) is 3.67. The van der Waals surface area contributed by atoms with Crippen LogP contribution in [0, 0.1) is 0 Å². The van der Waals surface area contributed by atoms with E-state index in [2.05, 4.69) is 5.43 Å². The van der Waals surface area contributed by atoms with Crippen LogP contribution in [-0.4, -0.2) is 54.3 Å². The van der Waals surface area contributed by atoms with E-state index in [1.165, 1.54) is 0 Å². The molecule has 0 aliphatic heterocycles. The van der Waals surface area contributed by atoms with Gasteiger partial charge in [-0.15, -0.1) is 0 Å². The van der Waals surface area contributed by atoms with Crippen molar-refractivity contribution in [2.45, 2.75) is 26.8 Å². The van der Waals surface area contributed by atoms with Crippen LogP contribution in [0.15, 0.2) is 0 Å². The molecule has 6 heteroatoms. The maximum Gasteiger partial charge on any atom is 0.250 e. The minimum atomic E-state index is -0.412. The van der Waals surface area contributed by atoms with Crippen molar-refractivity contribution in [3.05, 3.63) is 0 Å². The Hall–Kier alpha value is -1.14. The molecule has 1 atom stereocenters. The quantitative estimate of drug-likeness (QED) is 0.354. The molecule has 94 valence electrons. The molecule has 0 aromatic rings. The zero-order valence-corrected chi connectivity index (χ0v) is 10.5. The summed E-state index contributed by atoms with van der Waals surface area (Å²) in [6.45, 7) is 7.14. The molecular formula is C10H22N4O2. The van der Waals surface area contributed by atoms with Crippen LogP contribution in [0.25, 0.3) is 0 Å². The van der Waals surface area contributed by atoms with Crippen molar-refractivity contribution in [1.29, 1.82) is 0 Å². The first-order valence-corrected chi connectivity index (χ1v) is 5.46. The predicted molar refractivity (Wildman–Crippen MR) is 62.4 cm³/mol. The summed E-state index contributed by atoms with van der Waals surface area (Å²) >= 11 is 0. The monoisotopic (exact) mass is 230 g/mol. The molecule has 6 nitrogen and oxygen atoms in total. The molecule has 0 aromatic carbocycles. The first-order valence-electron chi connectivity index (χ1n) is 5.46. The van der Waals surface area contributed by atoms with Gasteiger partial charge in [-0.3, -0.25) is 19.9 Å². The van der Waals surface area contributed by atoms with Crippen molar-refractivity contribution in [2.75, 3.05) is 26.7 Å². The first-order chi connectivity index (χ1) is 7.47. The third kappa shape index (κ3) is 4.16. The molecule has 0 saturated heterocycles. The van der Waals surface area contributed by atoms with E-state index in [-0.39, 0.29) is 18.4 Å². The van der Waals surface area contributed by atoms with E-state index in [0.717, 1.165) is 0 Å². The molecule has 0 aliphatic rings. The van der Waals surface area contributed by atoms with E-state index in [4.69, 9.17) is 5.84 Å². The van der Waals surface area contributed by atoms with E-state index < -0.39 is 6.04 Å². The largest absolute Gasteiger partial charge is 0.342 e. The highest BCUT2D eigenvalue weighted by molar-refractivity contribution is 5.82. The topological polar surface area (TPSA) is 78.7 Å². The molecule has 0 spiro atoms. The summed E-state index contributed by atoms with van der Waals surface area (Å²) in [5, 5.41) is 0. The summed E-state index contributed by atoms with van der Waals surface area (Å²) in [4.78, 5) is 26.4. The Morgan fingerprint density at radius 1 is 1.31 bits per heavy atom. The Balaban J connectivity index is 4.27. The van der Waals surface area contributed by atoms with Gasteiger partial charge in [0.1, 0.15) is 0 Å². The molecule has 0 heterocycles. The van der Waals surface area contributed by atoms with Crippen molar-refractivity contribution in [2.24, 2.45) is 5.84 Å². The van der Waals surface area contributed by atoms with Gasteiger partial charge in [-0.2, -0.15) is 0 Å². The highest BCUT2D eigenvalue weighted by atomic mass is 16.2. The number of hydrogen-bond donors (Lipinski definition) is 2. The van der Waals surface area contributed by atoms with Crippen LogP contribution in [-0.2, 0) is 9.59 Å². The lowest BCUT2D eigenvalue weighted by Crippen LogP contribution is -2.49. The van der Waals surface area contributed by atoms with Gasteiger partial charge in [0.25, 0.3) is 5.91 Å². The van der Waals surface area contributed by atoms with Gasteiger partial charge < -0.3 is 4.90 Å². The number of nitrogens with two attached hydrogens (primary N) is 1. The summed E-state index contributed by atoms with van der Waals surface area (Å²) < 4.78 is 0. The highest BCUT2D eigenvalue weighted by Gasteiger charge is 2.20. The van der Waals surface area contributed by atoms with E-state index >= 15 is 0 Å². The summed E-state index contributed by atoms with van der Waals surface area (Å²) in [7, 11) is 1.72. The number of hydrogen-bond acceptors (Lipinski definition) is 4. The molecule has 0 aromatic heterocycles. The Labute approximate surface area is 96.7 Å². The standard InChI is InChI=1S/C10H22N4O2/c1-5-14(6-2)9(15)7-13(4)8(3)10(16)12-11/h8H,5-7,11H2,1-4H3,(H,12,16). The number of nitrogens with zero attached hydrogens (tertiary/aromatic N) is 2. The smallest absolute Gasteiger partial charge is 0.250 e. The molecule has 0 fully saturated rings. The van der Waals surface area contributed by atoms with Crippen LogP contribution >= 0.6 is 0 Å². The molecule has 1 unspecified atom stereocenters. The predicted octanol–water partition coefficient (Wildman–Crippen LogP) is -0.835. The van der Waals surface area contributed by atoms with Crippen molar-refractivity contribution < 1.29 is 9.59 Å². The number of nitrogens with one attached hydrogen (secondary N) is 1. The SMILES string of the molecule is CCN(CC)C(=O)CN(C)C(C)C(=O)NN. The molecule has 2 amide bonds. The second-order valence-electron chi connectivity index (χ2n) is 3.67. The summed E-state index contributed by atoms with van der Waals surface area (Å²) in [6, 6.07) is -0.412. The van der Waals surface area contributed by atoms with Gasteiger partial charge in [0.15, 0.2) is 0 Å². The van der Waals surface area contributed by atoms with Crippen LogP contribution in [0.1, 0.15) is 20.8 Å². The molecule has 0 aliphatic carbocycles. The molecular weight excluding hydrogens is 208 g/mol. The normalized spacial score (nSPS) is 12.4. The minimum Gasteiger partial charge on any atom is -0.342 e. The number of carbonyl (C=O) groups is 2. The molecule has 0 rings (SSSR count). The number of carbonyl (C=O) groups excluding carboxylic acids is 2. The Morgan fingerprint density at radius 3 is 2.19 bits per heavy atom. The average Bonchev–Trinajstić information content (AvgIpc) is 2.28. The van der Waals surface area contributed by atoms with E-state index in [1.807, 2.05) is 13.8 Å². The third-order valence-electron chi connectivity index (χ3n) is 2.68. The van der Waals surface area contributed by atoms with E-state index in [9.17, 15) is 9.59 Å². The Kier molecular flexibility index (Phi) is 6.67. The van der Waals surface area contributed by atoms with Gasteiger partial charge in [0.05, 0.1) is 12.6 Å². The lowest BCUT2D eigenvalue weighted by molar-refractivity contribution is -0.133. The van der Waals surface area contributed by atoms with Gasteiger partial charge in [0, 0.05) is 13.1 Å². The fourth-order valence-corrected chi connectivity index (χ4v) is 1.35. The van der Waals surface area contributed by atoms with Crippen molar-refractivity contribution in [1.82, 2.24) is 15.2 Å². The minimum absolute atomic E-state index is 0.0178. The van der Waals surface area contributed by atoms with Gasteiger partial charge in [-0.05, 0) is 27.8 Å². The van der Waals surface area contributed by atoms with Crippen LogP contribution in [0.4, 0.5) is 0 Å². The number of amides is 2. The number of hydrazine groups is 1. The lowest BCUT2D eigenvalue weighted by Gasteiger charge is -2.26. The molecule has 3 N–H and O–H groups in total. The van der Waals surface area contributed by atoms with Crippen LogP contribution in [0.2, 0.25) is 0 Å². The van der Waals surface area contributed by atoms with Crippen LogP contribution < -0.4 is 11.3 Å². The van der Waals surface area contributed by atoms with Crippen molar-refractivity contribution >= 4 is 11.8 Å². The van der Waals surface area contributed by atoms with Gasteiger partial charge in [-0.25, -0.2) is 5.84 Å². The maximum absolute atomic E-state index is 11.8. The average molecular weight is 230 g/mol.